The maximum atomic E-state index is 2.50. The van der Waals surface area contributed by atoms with Gasteiger partial charge in [-0.2, -0.15) is 11.2 Å². The summed E-state index contributed by atoms with van der Waals surface area (Å²) >= 11 is 2.20. The largest absolute Gasteiger partial charge is 0.172 e. The van der Waals surface area contributed by atoms with E-state index in [1.165, 1.54) is 11.1 Å². The van der Waals surface area contributed by atoms with Crippen molar-refractivity contribution in [1.82, 2.24) is 0 Å². The van der Waals surface area contributed by atoms with Crippen molar-refractivity contribution in [1.29, 1.82) is 0 Å². The van der Waals surface area contributed by atoms with Gasteiger partial charge in [0.2, 0.25) is 0 Å². The first-order valence-electron chi connectivity index (χ1n) is 7.59. The second-order valence-corrected chi connectivity index (χ2v) is 16.1. The molecule has 0 aliphatic rings. The number of hydrogen-bond donors (Lipinski definition) is 0. The lowest BCUT2D eigenvalue weighted by atomic mass is 10.0. The molecular formula is C19H26SSi. The zero-order valence-corrected chi connectivity index (χ0v) is 15.6. The monoisotopic (exact) mass is 314 g/mol. The van der Waals surface area contributed by atoms with Gasteiger partial charge in [0.1, 0.15) is 7.22 Å². The van der Waals surface area contributed by atoms with Crippen LogP contribution in [-0.4, -0.2) is 7.22 Å². The first-order valence-corrected chi connectivity index (χ1v) is 12.2. The Morgan fingerprint density at radius 1 is 0.762 bits per heavy atom. The van der Waals surface area contributed by atoms with Crippen molar-refractivity contribution in [3.8, 4) is 0 Å². The molecule has 112 valence electrons. The van der Waals surface area contributed by atoms with Gasteiger partial charge in [0.25, 0.3) is 0 Å². The summed E-state index contributed by atoms with van der Waals surface area (Å²) in [4.78, 5) is 0. The Labute approximate surface area is 134 Å². The van der Waals surface area contributed by atoms with Crippen LogP contribution in [0.15, 0.2) is 60.7 Å². The van der Waals surface area contributed by atoms with Gasteiger partial charge < -0.3 is 0 Å². The molecule has 0 amide bonds. The van der Waals surface area contributed by atoms with E-state index in [2.05, 4.69) is 106 Å². The van der Waals surface area contributed by atoms with E-state index in [1.54, 1.807) is 0 Å². The highest BCUT2D eigenvalue weighted by atomic mass is 32.4. The predicted octanol–water partition coefficient (Wildman–Crippen LogP) is 6.51. The molecule has 0 radical (unpaired) electrons. The fourth-order valence-corrected chi connectivity index (χ4v) is 7.23. The van der Waals surface area contributed by atoms with Gasteiger partial charge in [0.05, 0.1) is 0 Å². The topological polar surface area (TPSA) is 0 Å². The molecule has 21 heavy (non-hydrogen) atoms. The van der Waals surface area contributed by atoms with Crippen LogP contribution >= 0.6 is 11.2 Å². The normalized spacial score (nSPS) is 12.7. The van der Waals surface area contributed by atoms with Crippen molar-refractivity contribution in [2.24, 2.45) is 0 Å². The van der Waals surface area contributed by atoms with E-state index < -0.39 is 7.22 Å². The average molecular weight is 315 g/mol. The zero-order chi connectivity index (χ0) is 15.5. The van der Waals surface area contributed by atoms with Crippen LogP contribution in [0.4, 0.5) is 0 Å². The molecule has 0 heterocycles. The van der Waals surface area contributed by atoms with Crippen molar-refractivity contribution in [3.05, 3.63) is 71.8 Å². The van der Waals surface area contributed by atoms with Crippen LogP contribution < -0.4 is 0 Å². The van der Waals surface area contributed by atoms with Crippen molar-refractivity contribution < 1.29 is 0 Å². The lowest BCUT2D eigenvalue weighted by molar-refractivity contribution is 0.736. The van der Waals surface area contributed by atoms with Crippen molar-refractivity contribution >= 4 is 18.4 Å². The lowest BCUT2D eigenvalue weighted by Crippen LogP contribution is -2.34. The van der Waals surface area contributed by atoms with Crippen LogP contribution in [0.3, 0.4) is 0 Å². The maximum Gasteiger partial charge on any atom is 0.117 e. The lowest BCUT2D eigenvalue weighted by Gasteiger charge is -2.39. The molecule has 0 saturated heterocycles. The molecular weight excluding hydrogens is 288 g/mol. The van der Waals surface area contributed by atoms with E-state index in [1.807, 2.05) is 0 Å². The van der Waals surface area contributed by atoms with Gasteiger partial charge in [0, 0.05) is 5.25 Å². The van der Waals surface area contributed by atoms with Gasteiger partial charge in [-0.15, -0.1) is 0 Å². The van der Waals surface area contributed by atoms with E-state index in [0.29, 0.717) is 10.3 Å². The standard InChI is InChI=1S/C19H26SSi/c1-19(2,3)21(4,5)20-18(16-12-8-6-9-13-16)17-14-10-7-11-15-17/h6-15,18H,1-5H3. The summed E-state index contributed by atoms with van der Waals surface area (Å²) in [5, 5.41) is 0.827. The molecule has 2 aromatic rings. The van der Waals surface area contributed by atoms with E-state index in [9.17, 15) is 0 Å². The van der Waals surface area contributed by atoms with Gasteiger partial charge in [0.15, 0.2) is 0 Å². The summed E-state index contributed by atoms with van der Waals surface area (Å²) in [6, 6.07) is 21.8. The van der Waals surface area contributed by atoms with Crippen LogP contribution in [0.1, 0.15) is 37.1 Å². The molecule has 0 saturated carbocycles. The third kappa shape index (κ3) is 4.01. The number of rotatable bonds is 4. The Balaban J connectivity index is 2.39. The highest BCUT2D eigenvalue weighted by Gasteiger charge is 2.38. The average Bonchev–Trinajstić information content (AvgIpc) is 2.45. The van der Waals surface area contributed by atoms with Crippen LogP contribution in [0, 0.1) is 0 Å². The first-order chi connectivity index (χ1) is 9.81. The fraction of sp³-hybridized carbons (Fsp3) is 0.368. The van der Waals surface area contributed by atoms with Gasteiger partial charge in [-0.25, -0.2) is 0 Å². The van der Waals surface area contributed by atoms with Gasteiger partial charge in [-0.3, -0.25) is 0 Å². The molecule has 0 unspecified atom stereocenters. The minimum absolute atomic E-state index is 0.388. The molecule has 0 spiro atoms. The molecule has 2 heteroatoms. The van der Waals surface area contributed by atoms with E-state index in [0.717, 1.165) is 0 Å². The highest BCUT2D eigenvalue weighted by molar-refractivity contribution is 8.29. The summed E-state index contributed by atoms with van der Waals surface area (Å²) < 4.78 is 0. The van der Waals surface area contributed by atoms with Gasteiger partial charge >= 0.3 is 0 Å². The molecule has 0 aromatic heterocycles. The van der Waals surface area contributed by atoms with E-state index >= 15 is 0 Å². The maximum absolute atomic E-state index is 2.50. The predicted molar refractivity (Wildman–Crippen MR) is 99.5 cm³/mol. The second-order valence-electron chi connectivity index (χ2n) is 7.08. The molecule has 0 aliphatic heterocycles. The Hall–Kier alpha value is -0.993. The van der Waals surface area contributed by atoms with Crippen molar-refractivity contribution in [3.63, 3.8) is 0 Å². The number of hydrogen-bond acceptors (Lipinski definition) is 1. The minimum Gasteiger partial charge on any atom is -0.172 e. The Morgan fingerprint density at radius 2 is 1.14 bits per heavy atom. The molecule has 0 N–H and O–H groups in total. The fourth-order valence-electron chi connectivity index (χ4n) is 2.06. The summed E-state index contributed by atoms with van der Waals surface area (Å²) in [7, 11) is -1.42. The van der Waals surface area contributed by atoms with E-state index in [4.69, 9.17) is 0 Å². The Morgan fingerprint density at radius 3 is 1.48 bits per heavy atom. The second kappa shape index (κ2) is 6.41. The van der Waals surface area contributed by atoms with Crippen LogP contribution in [-0.2, 0) is 0 Å². The molecule has 0 bridgehead atoms. The third-order valence-electron chi connectivity index (χ3n) is 4.42. The molecule has 2 rings (SSSR count). The molecule has 0 fully saturated rings. The van der Waals surface area contributed by atoms with Crippen LogP contribution in [0.2, 0.25) is 18.1 Å². The highest BCUT2D eigenvalue weighted by Crippen LogP contribution is 2.50. The summed E-state index contributed by atoms with van der Waals surface area (Å²) in [6.45, 7) is 12.2. The Kier molecular flexibility index (Phi) is 5.00. The number of benzene rings is 2. The Bertz CT molecular complexity index is 516. The van der Waals surface area contributed by atoms with Crippen LogP contribution in [0.25, 0.3) is 0 Å². The molecule has 0 atom stereocenters. The van der Waals surface area contributed by atoms with E-state index in [-0.39, 0.29) is 0 Å². The molecule has 0 nitrogen and oxygen atoms in total. The minimum atomic E-state index is -1.42. The quantitative estimate of drug-likeness (QED) is 0.579. The SMILES string of the molecule is CC(C)(C)[Si](C)(C)SC(c1ccccc1)c1ccccc1. The first kappa shape index (κ1) is 16.4. The third-order valence-corrected chi connectivity index (χ3v) is 13.7. The zero-order valence-electron chi connectivity index (χ0n) is 13.8. The van der Waals surface area contributed by atoms with Gasteiger partial charge in [-0.05, 0) is 16.2 Å². The smallest absolute Gasteiger partial charge is 0.117 e. The van der Waals surface area contributed by atoms with Crippen molar-refractivity contribution in [2.75, 3.05) is 0 Å². The summed E-state index contributed by atoms with van der Waals surface area (Å²) in [5.74, 6) is 0. The summed E-state index contributed by atoms with van der Waals surface area (Å²) in [5.41, 5.74) is 2.83. The molecule has 2 aromatic carbocycles. The van der Waals surface area contributed by atoms with Gasteiger partial charge in [-0.1, -0.05) is 94.5 Å². The molecule has 0 aliphatic carbocycles. The van der Waals surface area contributed by atoms with Crippen LogP contribution in [0.5, 0.6) is 0 Å². The summed E-state index contributed by atoms with van der Waals surface area (Å²) in [6.07, 6.45) is 0. The van der Waals surface area contributed by atoms with Crippen molar-refractivity contribution in [2.45, 2.75) is 44.2 Å².